The molecule has 1 aromatic rings. The van der Waals surface area contributed by atoms with E-state index in [1.807, 2.05) is 30.3 Å². The van der Waals surface area contributed by atoms with E-state index in [0.29, 0.717) is 37.8 Å². The number of carbonyl (C=O) groups excluding carboxylic acids is 2. The van der Waals surface area contributed by atoms with Crippen LogP contribution in [0.25, 0.3) is 0 Å². The number of carbonyl (C=O) groups is 2. The van der Waals surface area contributed by atoms with Crippen LogP contribution in [0.4, 0.5) is 4.79 Å². The van der Waals surface area contributed by atoms with E-state index in [4.69, 9.17) is 14.0 Å². The van der Waals surface area contributed by atoms with Crippen LogP contribution in [0.5, 0.6) is 0 Å². The van der Waals surface area contributed by atoms with Gasteiger partial charge in [-0.05, 0) is 55.1 Å². The predicted molar refractivity (Wildman–Crippen MR) is 129 cm³/mol. The van der Waals surface area contributed by atoms with E-state index in [2.05, 4.69) is 32.7 Å². The average Bonchev–Trinajstić information content (AvgIpc) is 3.42. The lowest BCUT2D eigenvalue weighted by Crippen LogP contribution is -2.63. The molecule has 182 valence electrons. The third-order valence-corrected chi connectivity index (χ3v) is 8.67. The zero-order chi connectivity index (χ0) is 24.1. The van der Waals surface area contributed by atoms with Gasteiger partial charge in [0.25, 0.3) is 0 Å². The maximum absolute atomic E-state index is 12.9. The lowest BCUT2D eigenvalue weighted by molar-refractivity contribution is -0.185. The van der Waals surface area contributed by atoms with E-state index >= 15 is 0 Å². The molecule has 8 heteroatoms. The van der Waals surface area contributed by atoms with Crippen molar-refractivity contribution in [1.82, 2.24) is 10.2 Å². The first kappa shape index (κ1) is 23.4. The van der Waals surface area contributed by atoms with Gasteiger partial charge in [0.2, 0.25) is 5.91 Å². The van der Waals surface area contributed by atoms with Crippen LogP contribution in [0.3, 0.4) is 0 Å². The second-order valence-corrected chi connectivity index (χ2v) is 11.2. The molecule has 2 aliphatic heterocycles. The Morgan fingerprint density at radius 2 is 2.09 bits per heavy atom. The molecule has 7 nitrogen and oxygen atoms in total. The minimum atomic E-state index is -0.541. The van der Waals surface area contributed by atoms with E-state index in [0.717, 1.165) is 12.0 Å². The molecule has 5 fully saturated rings. The Bertz CT molecular complexity index is 956. The number of nitrogens with one attached hydrogen (secondary N) is 1. The summed E-state index contributed by atoms with van der Waals surface area (Å²) in [5.41, 5.74) is 1.03. The second-order valence-electron chi connectivity index (χ2n) is 11.2. The van der Waals surface area contributed by atoms with Gasteiger partial charge in [0.1, 0.15) is 6.10 Å². The average molecular weight is 466 g/mol. The van der Waals surface area contributed by atoms with Crippen molar-refractivity contribution in [1.29, 1.82) is 0 Å². The van der Waals surface area contributed by atoms with Gasteiger partial charge in [-0.1, -0.05) is 50.8 Å². The van der Waals surface area contributed by atoms with E-state index in [9.17, 15) is 9.59 Å². The number of ether oxygens (including phenoxy) is 1. The van der Waals surface area contributed by atoms with Crippen LogP contribution in [-0.4, -0.2) is 60.9 Å². The predicted octanol–water partition coefficient (Wildman–Crippen LogP) is 3.38. The third-order valence-electron chi connectivity index (χ3n) is 8.67. The molecule has 2 heterocycles. The van der Waals surface area contributed by atoms with Gasteiger partial charge in [-0.3, -0.25) is 4.79 Å². The summed E-state index contributed by atoms with van der Waals surface area (Å²) in [7, 11) is -0.541. The molecule has 2 bridgehead atoms. The SMILES string of the molecule is C=CC(=O)N1CC[C@@H](OC(=O)N[C@@H](Cc2ccccc2)B2OC3[C@H]4C[C@@H](C[C@@]3(C)O2)C4(C)C)C1. The zero-order valence-electron chi connectivity index (χ0n) is 20.4. The van der Waals surface area contributed by atoms with Gasteiger partial charge in [0.15, 0.2) is 0 Å². The molecule has 6 atom stereocenters. The number of alkyl carbamates (subject to hydrolysis) is 1. The van der Waals surface area contributed by atoms with Crippen molar-refractivity contribution in [2.24, 2.45) is 17.3 Å². The van der Waals surface area contributed by atoms with Gasteiger partial charge in [0.05, 0.1) is 24.2 Å². The molecule has 1 unspecified atom stereocenters. The van der Waals surface area contributed by atoms with Crippen LogP contribution in [-0.2, 0) is 25.3 Å². The maximum Gasteiger partial charge on any atom is 0.482 e. The molecule has 34 heavy (non-hydrogen) atoms. The molecule has 3 aliphatic carbocycles. The van der Waals surface area contributed by atoms with Crippen molar-refractivity contribution in [2.75, 3.05) is 13.1 Å². The smallest absolute Gasteiger partial charge is 0.444 e. The molecule has 3 saturated carbocycles. The Labute approximate surface area is 202 Å². The molecule has 5 aliphatic rings. The summed E-state index contributed by atoms with van der Waals surface area (Å²) in [6.07, 6.45) is 3.84. The monoisotopic (exact) mass is 466 g/mol. The first-order valence-corrected chi connectivity index (χ1v) is 12.5. The topological polar surface area (TPSA) is 77.1 Å². The molecule has 0 aromatic heterocycles. The van der Waals surface area contributed by atoms with Gasteiger partial charge >= 0.3 is 13.2 Å². The summed E-state index contributed by atoms with van der Waals surface area (Å²) < 4.78 is 18.8. The highest BCUT2D eigenvalue weighted by molar-refractivity contribution is 6.47. The van der Waals surface area contributed by atoms with Crippen LogP contribution in [0, 0.1) is 17.3 Å². The summed E-state index contributed by atoms with van der Waals surface area (Å²) in [6, 6.07) is 10.0. The minimum absolute atomic E-state index is 0.0295. The van der Waals surface area contributed by atoms with Crippen LogP contribution in [0.2, 0.25) is 0 Å². The quantitative estimate of drug-likeness (QED) is 0.514. The van der Waals surface area contributed by atoms with Gasteiger partial charge in [-0.15, -0.1) is 0 Å². The van der Waals surface area contributed by atoms with Gasteiger partial charge < -0.3 is 24.3 Å². The van der Waals surface area contributed by atoms with E-state index in [1.54, 1.807) is 4.90 Å². The highest BCUT2D eigenvalue weighted by atomic mass is 16.7. The fourth-order valence-corrected chi connectivity index (χ4v) is 6.49. The molecule has 6 rings (SSSR count). The Morgan fingerprint density at radius 1 is 1.32 bits per heavy atom. The van der Waals surface area contributed by atoms with Crippen molar-refractivity contribution < 1.29 is 23.6 Å². The second kappa shape index (κ2) is 8.72. The van der Waals surface area contributed by atoms with Crippen LogP contribution in [0.1, 0.15) is 45.6 Å². The van der Waals surface area contributed by atoms with Crippen molar-refractivity contribution in [2.45, 2.75) is 70.2 Å². The number of rotatable bonds is 6. The number of hydrogen-bond acceptors (Lipinski definition) is 5. The summed E-state index contributed by atoms with van der Waals surface area (Å²) in [5.74, 6) is 0.593. The van der Waals surface area contributed by atoms with E-state index in [-0.39, 0.29) is 35.1 Å². The highest BCUT2D eigenvalue weighted by Crippen LogP contribution is 2.64. The van der Waals surface area contributed by atoms with Crippen molar-refractivity contribution in [3.8, 4) is 0 Å². The molecule has 2 saturated heterocycles. The van der Waals surface area contributed by atoms with Crippen molar-refractivity contribution in [3.63, 3.8) is 0 Å². The molecular weight excluding hydrogens is 431 g/mol. The number of hydrogen-bond donors (Lipinski definition) is 1. The third kappa shape index (κ3) is 4.15. The molecule has 1 aromatic carbocycles. The first-order chi connectivity index (χ1) is 16.2. The number of benzene rings is 1. The molecule has 2 amide bonds. The Hall–Kier alpha value is -2.32. The number of nitrogens with zero attached hydrogens (tertiary/aromatic N) is 1. The first-order valence-electron chi connectivity index (χ1n) is 12.5. The van der Waals surface area contributed by atoms with Crippen LogP contribution in [0.15, 0.2) is 43.0 Å². The molecule has 0 spiro atoms. The summed E-state index contributed by atoms with van der Waals surface area (Å²) in [4.78, 5) is 26.4. The van der Waals surface area contributed by atoms with E-state index in [1.165, 1.54) is 12.5 Å². The van der Waals surface area contributed by atoms with Crippen molar-refractivity contribution >= 4 is 19.1 Å². The molecule has 1 N–H and O–H groups in total. The standard InChI is InChI=1S/C26H35BN2O5/c1-5-22(30)29-12-11-19(16-29)32-24(31)28-21(13-17-9-7-6-8-10-17)27-33-23-20-14-18(25(20,2)3)15-26(23,4)34-27/h5-10,18-21,23H,1,11-16H2,2-4H3,(H,28,31)/t18-,19+,20+,21-,23?,26+/m0/s1. The Kier molecular flexibility index (Phi) is 6.01. The van der Waals surface area contributed by atoms with Gasteiger partial charge in [-0.2, -0.15) is 0 Å². The zero-order valence-corrected chi connectivity index (χ0v) is 20.4. The minimum Gasteiger partial charge on any atom is -0.444 e. The maximum atomic E-state index is 12.9. The van der Waals surface area contributed by atoms with Gasteiger partial charge in [0, 0.05) is 13.0 Å². The summed E-state index contributed by atoms with van der Waals surface area (Å²) in [6.45, 7) is 11.3. The molecule has 0 radical (unpaired) electrons. The Balaban J connectivity index is 1.27. The normalized spacial score (nSPS) is 34.1. The lowest BCUT2D eigenvalue weighted by atomic mass is 9.45. The van der Waals surface area contributed by atoms with Gasteiger partial charge in [-0.25, -0.2) is 4.79 Å². The number of amides is 2. The van der Waals surface area contributed by atoms with Crippen LogP contribution >= 0.6 is 0 Å². The highest BCUT2D eigenvalue weighted by Gasteiger charge is 2.67. The Morgan fingerprint density at radius 3 is 2.79 bits per heavy atom. The number of likely N-dealkylation sites (tertiary alicyclic amines) is 1. The fourth-order valence-electron chi connectivity index (χ4n) is 6.49. The largest absolute Gasteiger partial charge is 0.482 e. The lowest BCUT2D eigenvalue weighted by Gasteiger charge is -2.63. The fraction of sp³-hybridized carbons (Fsp3) is 0.615. The van der Waals surface area contributed by atoms with E-state index < -0.39 is 13.2 Å². The summed E-state index contributed by atoms with van der Waals surface area (Å²) in [5, 5.41) is 3.03. The summed E-state index contributed by atoms with van der Waals surface area (Å²) >= 11 is 0. The molecular formula is C26H35BN2O5. The van der Waals surface area contributed by atoms with Crippen molar-refractivity contribution in [3.05, 3.63) is 48.6 Å². The van der Waals surface area contributed by atoms with Crippen LogP contribution < -0.4 is 5.32 Å².